The summed E-state index contributed by atoms with van der Waals surface area (Å²) in [5.74, 6) is -3.03. The van der Waals surface area contributed by atoms with Crippen LogP contribution in [0.5, 0.6) is 11.9 Å². The van der Waals surface area contributed by atoms with Crippen molar-refractivity contribution >= 4 is 29.5 Å². The lowest BCUT2D eigenvalue weighted by Crippen LogP contribution is -2.35. The van der Waals surface area contributed by atoms with Crippen LogP contribution < -0.4 is 19.7 Å². The third-order valence-corrected chi connectivity index (χ3v) is 6.10. The van der Waals surface area contributed by atoms with Crippen molar-refractivity contribution in [3.05, 3.63) is 58.2 Å². The SMILES string of the molecule is CC(=O)NCC1CN(c2ccc(-c3cnc(OC4COc5nc([N+](=O)[O-])cn5C4)c(C(=O)O)c3)c(F)c2)C(=O)O1. The van der Waals surface area contributed by atoms with E-state index in [1.165, 1.54) is 47.0 Å². The number of nitrogens with zero attached hydrogens (tertiary/aromatic N) is 5. The van der Waals surface area contributed by atoms with Crippen LogP contribution in [0.25, 0.3) is 11.1 Å². The zero-order chi connectivity index (χ0) is 28.6. The third kappa shape index (κ3) is 5.31. The van der Waals surface area contributed by atoms with Crippen LogP contribution in [0, 0.1) is 15.9 Å². The number of carboxylic acids is 1. The molecular formula is C24H21FN6O9. The second-order valence-electron chi connectivity index (χ2n) is 8.94. The normalized spacial score (nSPS) is 17.9. The number of imidazole rings is 1. The van der Waals surface area contributed by atoms with Gasteiger partial charge in [0.2, 0.25) is 11.8 Å². The highest BCUT2D eigenvalue weighted by Crippen LogP contribution is 2.32. The summed E-state index contributed by atoms with van der Waals surface area (Å²) in [7, 11) is 0. The van der Waals surface area contributed by atoms with Crippen molar-refractivity contribution in [2.75, 3.05) is 24.6 Å². The van der Waals surface area contributed by atoms with E-state index in [4.69, 9.17) is 14.2 Å². The van der Waals surface area contributed by atoms with Gasteiger partial charge in [-0.25, -0.2) is 19.0 Å². The van der Waals surface area contributed by atoms with Gasteiger partial charge in [0.1, 0.15) is 30.3 Å². The average molecular weight is 556 g/mol. The van der Waals surface area contributed by atoms with E-state index >= 15 is 4.39 Å². The van der Waals surface area contributed by atoms with Crippen LogP contribution in [0.15, 0.2) is 36.7 Å². The average Bonchev–Trinajstić information content (AvgIpc) is 3.51. The fourth-order valence-corrected chi connectivity index (χ4v) is 4.24. The number of cyclic esters (lactones) is 1. The maximum absolute atomic E-state index is 15.2. The van der Waals surface area contributed by atoms with E-state index in [0.717, 1.165) is 6.07 Å². The number of fused-ring (bicyclic) bond motifs is 1. The number of aromatic carboxylic acids is 1. The topological polar surface area (TPSA) is 188 Å². The van der Waals surface area contributed by atoms with Crippen LogP contribution in [0.3, 0.4) is 0 Å². The van der Waals surface area contributed by atoms with E-state index in [1.807, 2.05) is 0 Å². The molecule has 3 aromatic rings. The molecule has 2 aliphatic heterocycles. The Morgan fingerprint density at radius 3 is 2.83 bits per heavy atom. The van der Waals surface area contributed by atoms with Gasteiger partial charge in [-0.05, 0) is 29.2 Å². The Kier molecular flexibility index (Phi) is 6.89. The minimum atomic E-state index is -1.37. The Morgan fingerprint density at radius 2 is 2.12 bits per heavy atom. The van der Waals surface area contributed by atoms with Crippen molar-refractivity contribution < 1.29 is 43.0 Å². The number of amides is 2. The molecule has 2 atom stereocenters. The van der Waals surface area contributed by atoms with Crippen molar-refractivity contribution in [2.45, 2.75) is 25.7 Å². The summed E-state index contributed by atoms with van der Waals surface area (Å²) in [5.41, 5.74) is 0.0597. The Balaban J connectivity index is 1.33. The van der Waals surface area contributed by atoms with E-state index < -0.39 is 40.8 Å². The van der Waals surface area contributed by atoms with E-state index in [0.29, 0.717) is 0 Å². The number of nitro groups is 1. The molecule has 208 valence electrons. The lowest BCUT2D eigenvalue weighted by molar-refractivity contribution is -0.389. The monoisotopic (exact) mass is 556 g/mol. The first-order chi connectivity index (χ1) is 19.1. The van der Waals surface area contributed by atoms with Gasteiger partial charge in [0.25, 0.3) is 0 Å². The molecule has 1 aromatic carbocycles. The highest BCUT2D eigenvalue weighted by atomic mass is 19.1. The van der Waals surface area contributed by atoms with Crippen molar-refractivity contribution in [1.82, 2.24) is 19.9 Å². The number of nitrogens with one attached hydrogen (secondary N) is 1. The molecule has 0 bridgehead atoms. The van der Waals surface area contributed by atoms with Gasteiger partial charge in [0, 0.05) is 29.2 Å². The smallest absolute Gasteiger partial charge is 0.414 e. The quantitative estimate of drug-likeness (QED) is 0.305. The molecular weight excluding hydrogens is 535 g/mol. The number of carboxylic acid groups (broad SMARTS) is 1. The molecule has 15 nitrogen and oxygen atoms in total. The Bertz CT molecular complexity index is 1530. The number of carbonyl (C=O) groups is 3. The van der Waals surface area contributed by atoms with Gasteiger partial charge < -0.3 is 34.7 Å². The van der Waals surface area contributed by atoms with Gasteiger partial charge in [-0.2, -0.15) is 0 Å². The summed E-state index contributed by atoms with van der Waals surface area (Å²) >= 11 is 0. The standard InChI is InChI=1S/C24H21FN6O9/c1-12(32)26-7-15-9-30(24(35)40-15)14-2-3-17(19(25)5-14)13-4-18(22(33)34)21(27-6-13)39-16-8-29-10-20(31(36)37)28-23(29)38-11-16/h2-6,10,15-16H,7-9,11H2,1H3,(H,26,32)(H,33,34). The summed E-state index contributed by atoms with van der Waals surface area (Å²) in [5, 5.41) is 23.3. The summed E-state index contributed by atoms with van der Waals surface area (Å²) < 4.78 is 32.8. The van der Waals surface area contributed by atoms with Gasteiger partial charge >= 0.3 is 23.9 Å². The second-order valence-corrected chi connectivity index (χ2v) is 8.94. The lowest BCUT2D eigenvalue weighted by Gasteiger charge is -2.23. The maximum Gasteiger partial charge on any atom is 0.414 e. The van der Waals surface area contributed by atoms with Gasteiger partial charge in [-0.1, -0.05) is 0 Å². The Morgan fingerprint density at radius 1 is 1.32 bits per heavy atom. The Hall–Kier alpha value is -5.28. The zero-order valence-corrected chi connectivity index (χ0v) is 20.8. The molecule has 4 heterocycles. The molecule has 2 N–H and O–H groups in total. The number of hydrogen-bond acceptors (Lipinski definition) is 10. The number of benzene rings is 1. The van der Waals surface area contributed by atoms with Gasteiger partial charge in [-0.15, -0.1) is 0 Å². The predicted octanol–water partition coefficient (Wildman–Crippen LogP) is 1.99. The van der Waals surface area contributed by atoms with Crippen LogP contribution in [-0.2, 0) is 16.1 Å². The summed E-state index contributed by atoms with van der Waals surface area (Å²) in [6.07, 6.45) is 0.395. The molecule has 1 fully saturated rings. The third-order valence-electron chi connectivity index (χ3n) is 6.10. The number of pyridine rings is 1. The molecule has 2 unspecified atom stereocenters. The lowest BCUT2D eigenvalue weighted by atomic mass is 10.0. The first-order valence-electron chi connectivity index (χ1n) is 11.9. The van der Waals surface area contributed by atoms with Gasteiger partial charge in [0.15, 0.2) is 6.10 Å². The summed E-state index contributed by atoms with van der Waals surface area (Å²) in [6.45, 7) is 1.60. The Labute approximate surface area is 224 Å². The highest BCUT2D eigenvalue weighted by molar-refractivity contribution is 5.92. The van der Waals surface area contributed by atoms with Crippen molar-refractivity contribution in [3.63, 3.8) is 0 Å². The first kappa shape index (κ1) is 26.3. The predicted molar refractivity (Wildman–Crippen MR) is 132 cm³/mol. The zero-order valence-electron chi connectivity index (χ0n) is 20.8. The number of anilines is 1. The number of aromatic nitrogens is 3. The summed E-state index contributed by atoms with van der Waals surface area (Å²) in [6, 6.07) is 5.21. The second kappa shape index (κ2) is 10.5. The number of hydrogen-bond donors (Lipinski definition) is 2. The van der Waals surface area contributed by atoms with E-state index in [9.17, 15) is 29.6 Å². The molecule has 0 radical (unpaired) electrons. The van der Waals surface area contributed by atoms with E-state index in [-0.39, 0.29) is 66.4 Å². The van der Waals surface area contributed by atoms with Crippen LogP contribution in [0.1, 0.15) is 17.3 Å². The van der Waals surface area contributed by atoms with Gasteiger partial charge in [-0.3, -0.25) is 14.3 Å². The summed E-state index contributed by atoms with van der Waals surface area (Å²) in [4.78, 5) is 54.7. The van der Waals surface area contributed by atoms with Crippen LogP contribution >= 0.6 is 0 Å². The van der Waals surface area contributed by atoms with Crippen LogP contribution in [0.2, 0.25) is 0 Å². The fourth-order valence-electron chi connectivity index (χ4n) is 4.24. The minimum Gasteiger partial charge on any atom is -0.477 e. The molecule has 1 saturated heterocycles. The number of halogens is 1. The van der Waals surface area contributed by atoms with Crippen LogP contribution in [-0.4, -0.2) is 74.4 Å². The number of carbonyl (C=O) groups excluding carboxylic acids is 2. The molecule has 2 aliphatic rings. The van der Waals surface area contributed by atoms with E-state index in [2.05, 4.69) is 15.3 Å². The van der Waals surface area contributed by atoms with Crippen molar-refractivity contribution in [3.8, 4) is 23.0 Å². The largest absolute Gasteiger partial charge is 0.477 e. The molecule has 0 spiro atoms. The number of rotatable bonds is 8. The molecule has 5 rings (SSSR count). The molecule has 0 saturated carbocycles. The van der Waals surface area contributed by atoms with Gasteiger partial charge in [0.05, 0.1) is 25.3 Å². The fraction of sp³-hybridized carbons (Fsp3) is 0.292. The molecule has 0 aliphatic carbocycles. The van der Waals surface area contributed by atoms with Crippen molar-refractivity contribution in [2.24, 2.45) is 0 Å². The maximum atomic E-state index is 15.2. The molecule has 40 heavy (non-hydrogen) atoms. The molecule has 2 aromatic heterocycles. The molecule has 16 heteroatoms. The number of ether oxygens (including phenoxy) is 3. The first-order valence-corrected chi connectivity index (χ1v) is 11.9. The molecule has 2 amide bonds. The highest BCUT2D eigenvalue weighted by Gasteiger charge is 2.33. The van der Waals surface area contributed by atoms with Crippen LogP contribution in [0.4, 0.5) is 20.7 Å². The minimum absolute atomic E-state index is 0.0315. The van der Waals surface area contributed by atoms with E-state index in [1.54, 1.807) is 0 Å². The van der Waals surface area contributed by atoms with Crippen molar-refractivity contribution in [1.29, 1.82) is 0 Å².